The topological polar surface area (TPSA) is 76.4 Å². The summed E-state index contributed by atoms with van der Waals surface area (Å²) in [6.45, 7) is 3.30. The molecule has 100 valence electrons. The lowest BCUT2D eigenvalue weighted by atomic mass is 10.3. The van der Waals surface area contributed by atoms with E-state index in [1.165, 1.54) is 0 Å². The van der Waals surface area contributed by atoms with Crippen molar-refractivity contribution in [3.63, 3.8) is 0 Å². The predicted molar refractivity (Wildman–Crippen MR) is 66.6 cm³/mol. The number of carbonyl (C=O) groups is 2. The molecule has 2 amide bonds. The van der Waals surface area contributed by atoms with Crippen LogP contribution in [0, 0.1) is 11.3 Å². The van der Waals surface area contributed by atoms with Gasteiger partial charge in [-0.3, -0.25) is 9.59 Å². The minimum absolute atomic E-state index is 0.0498. The molecule has 18 heavy (non-hydrogen) atoms. The van der Waals surface area contributed by atoms with Gasteiger partial charge in [0, 0.05) is 52.6 Å². The van der Waals surface area contributed by atoms with E-state index in [4.69, 9.17) is 5.26 Å². The summed E-state index contributed by atoms with van der Waals surface area (Å²) in [5.41, 5.74) is 0. The molecule has 1 aliphatic rings. The molecule has 0 aromatic rings. The second-order valence-corrected chi connectivity index (χ2v) is 4.42. The van der Waals surface area contributed by atoms with Gasteiger partial charge in [-0.15, -0.1) is 0 Å². The van der Waals surface area contributed by atoms with Crippen molar-refractivity contribution in [1.29, 1.82) is 5.26 Å². The normalized spacial score (nSPS) is 16.6. The van der Waals surface area contributed by atoms with Gasteiger partial charge in [0.25, 0.3) is 0 Å². The molecule has 0 aromatic carbocycles. The van der Waals surface area contributed by atoms with Crippen molar-refractivity contribution in [3.05, 3.63) is 0 Å². The van der Waals surface area contributed by atoms with E-state index in [0.717, 1.165) is 6.54 Å². The summed E-state index contributed by atoms with van der Waals surface area (Å²) in [4.78, 5) is 26.6. The lowest BCUT2D eigenvalue weighted by Crippen LogP contribution is -2.34. The maximum Gasteiger partial charge on any atom is 0.223 e. The summed E-state index contributed by atoms with van der Waals surface area (Å²) in [5, 5.41) is 11.3. The van der Waals surface area contributed by atoms with Crippen LogP contribution in [0.1, 0.15) is 19.3 Å². The van der Waals surface area contributed by atoms with Gasteiger partial charge in [0.1, 0.15) is 0 Å². The van der Waals surface area contributed by atoms with Crippen LogP contribution in [-0.4, -0.2) is 61.4 Å². The standard InChI is InChI=1S/C12H20N4O2/c1-15(7-2-5-13)12(18)4-9-16-8-3-11(17)14-6-10-16/h2-4,6-10H2,1H3,(H,14,17). The first-order chi connectivity index (χ1) is 8.63. The molecular weight excluding hydrogens is 232 g/mol. The number of rotatable bonds is 5. The highest BCUT2D eigenvalue weighted by Crippen LogP contribution is 2.00. The smallest absolute Gasteiger partial charge is 0.223 e. The van der Waals surface area contributed by atoms with Crippen LogP contribution < -0.4 is 5.32 Å². The second-order valence-electron chi connectivity index (χ2n) is 4.42. The maximum atomic E-state index is 11.7. The Bertz CT molecular complexity index is 337. The number of hydrogen-bond donors (Lipinski definition) is 1. The lowest BCUT2D eigenvalue weighted by molar-refractivity contribution is -0.130. The van der Waals surface area contributed by atoms with Crippen LogP contribution in [0.2, 0.25) is 0 Å². The number of nitriles is 1. The van der Waals surface area contributed by atoms with Gasteiger partial charge in [0.2, 0.25) is 11.8 Å². The van der Waals surface area contributed by atoms with Crippen molar-refractivity contribution in [2.45, 2.75) is 19.3 Å². The van der Waals surface area contributed by atoms with Crippen molar-refractivity contribution in [2.75, 3.05) is 39.8 Å². The zero-order chi connectivity index (χ0) is 13.4. The van der Waals surface area contributed by atoms with Crippen LogP contribution in [0.5, 0.6) is 0 Å². The molecule has 0 spiro atoms. The number of nitrogens with zero attached hydrogens (tertiary/aromatic N) is 3. The Morgan fingerprint density at radius 1 is 1.56 bits per heavy atom. The quantitative estimate of drug-likeness (QED) is 0.720. The third-order valence-corrected chi connectivity index (χ3v) is 3.03. The molecule has 0 saturated carbocycles. The molecule has 1 heterocycles. The molecule has 0 bridgehead atoms. The third-order valence-electron chi connectivity index (χ3n) is 3.03. The number of nitrogens with one attached hydrogen (secondary N) is 1. The van der Waals surface area contributed by atoms with Crippen molar-refractivity contribution in [2.24, 2.45) is 0 Å². The Balaban J connectivity index is 2.25. The van der Waals surface area contributed by atoms with Crippen molar-refractivity contribution >= 4 is 11.8 Å². The lowest BCUT2D eigenvalue weighted by Gasteiger charge is -2.21. The van der Waals surface area contributed by atoms with Crippen LogP contribution >= 0.6 is 0 Å². The van der Waals surface area contributed by atoms with Crippen LogP contribution in [-0.2, 0) is 9.59 Å². The SMILES string of the molecule is CN(CCC#N)C(=O)CCN1CCNC(=O)CC1. The number of amides is 2. The molecule has 1 aliphatic heterocycles. The van der Waals surface area contributed by atoms with Gasteiger partial charge in [0.05, 0.1) is 12.5 Å². The molecule has 0 atom stereocenters. The molecule has 6 heteroatoms. The summed E-state index contributed by atoms with van der Waals surface area (Å²) >= 11 is 0. The molecular formula is C12H20N4O2. The zero-order valence-corrected chi connectivity index (χ0v) is 10.8. The Morgan fingerprint density at radius 2 is 2.33 bits per heavy atom. The predicted octanol–water partition coefficient (Wildman–Crippen LogP) is -0.430. The molecule has 0 aliphatic carbocycles. The molecule has 0 radical (unpaired) electrons. The van der Waals surface area contributed by atoms with Gasteiger partial charge in [-0.25, -0.2) is 0 Å². The fourth-order valence-electron chi connectivity index (χ4n) is 1.82. The molecule has 6 nitrogen and oxygen atoms in total. The first-order valence-corrected chi connectivity index (χ1v) is 6.23. The summed E-state index contributed by atoms with van der Waals surface area (Å²) in [5.74, 6) is 0.128. The third kappa shape index (κ3) is 5.15. The molecule has 1 fully saturated rings. The maximum absolute atomic E-state index is 11.7. The van der Waals surface area contributed by atoms with Crippen LogP contribution in [0.4, 0.5) is 0 Å². The molecule has 1 saturated heterocycles. The zero-order valence-electron chi connectivity index (χ0n) is 10.8. The van der Waals surface area contributed by atoms with Crippen molar-refractivity contribution in [3.8, 4) is 6.07 Å². The summed E-state index contributed by atoms with van der Waals surface area (Å²) < 4.78 is 0. The van der Waals surface area contributed by atoms with Gasteiger partial charge in [0.15, 0.2) is 0 Å². The summed E-state index contributed by atoms with van der Waals surface area (Å²) in [6, 6.07) is 2.02. The summed E-state index contributed by atoms with van der Waals surface area (Å²) in [7, 11) is 1.72. The highest BCUT2D eigenvalue weighted by molar-refractivity contribution is 5.77. The van der Waals surface area contributed by atoms with E-state index in [2.05, 4.69) is 10.2 Å². The number of hydrogen-bond acceptors (Lipinski definition) is 4. The fraction of sp³-hybridized carbons (Fsp3) is 0.750. The van der Waals surface area contributed by atoms with E-state index < -0.39 is 0 Å². The molecule has 1 N–H and O–H groups in total. The van der Waals surface area contributed by atoms with Crippen LogP contribution in [0.25, 0.3) is 0 Å². The first-order valence-electron chi connectivity index (χ1n) is 6.23. The number of carbonyl (C=O) groups excluding carboxylic acids is 2. The van der Waals surface area contributed by atoms with Crippen molar-refractivity contribution in [1.82, 2.24) is 15.1 Å². The Hall–Kier alpha value is -1.61. The summed E-state index contributed by atoms with van der Waals surface area (Å²) in [6.07, 6.45) is 1.30. The van der Waals surface area contributed by atoms with E-state index in [1.807, 2.05) is 6.07 Å². The monoisotopic (exact) mass is 252 g/mol. The minimum Gasteiger partial charge on any atom is -0.355 e. The highest BCUT2D eigenvalue weighted by atomic mass is 16.2. The van der Waals surface area contributed by atoms with E-state index in [9.17, 15) is 9.59 Å². The van der Waals surface area contributed by atoms with E-state index in [0.29, 0.717) is 45.4 Å². The van der Waals surface area contributed by atoms with E-state index >= 15 is 0 Å². The molecule has 1 rings (SSSR count). The van der Waals surface area contributed by atoms with Gasteiger partial charge in [-0.1, -0.05) is 0 Å². The van der Waals surface area contributed by atoms with Gasteiger partial charge < -0.3 is 15.1 Å². The molecule has 0 aromatic heterocycles. The fourth-order valence-corrected chi connectivity index (χ4v) is 1.82. The van der Waals surface area contributed by atoms with E-state index in [-0.39, 0.29) is 11.8 Å². The minimum atomic E-state index is 0.0498. The Morgan fingerprint density at radius 3 is 3.06 bits per heavy atom. The van der Waals surface area contributed by atoms with Gasteiger partial charge >= 0.3 is 0 Å². The second kappa shape index (κ2) is 7.67. The van der Waals surface area contributed by atoms with E-state index in [1.54, 1.807) is 11.9 Å². The largest absolute Gasteiger partial charge is 0.355 e. The van der Waals surface area contributed by atoms with Gasteiger partial charge in [-0.2, -0.15) is 5.26 Å². The van der Waals surface area contributed by atoms with Crippen LogP contribution in [0.15, 0.2) is 0 Å². The van der Waals surface area contributed by atoms with Crippen molar-refractivity contribution < 1.29 is 9.59 Å². The van der Waals surface area contributed by atoms with Gasteiger partial charge in [-0.05, 0) is 0 Å². The molecule has 0 unspecified atom stereocenters. The highest BCUT2D eigenvalue weighted by Gasteiger charge is 2.15. The Kier molecular flexibility index (Phi) is 6.15. The average Bonchev–Trinajstić information content (AvgIpc) is 2.57. The first kappa shape index (κ1) is 14.5. The average molecular weight is 252 g/mol. The Labute approximate surface area is 108 Å². The van der Waals surface area contributed by atoms with Crippen LogP contribution in [0.3, 0.4) is 0 Å².